The van der Waals surface area contributed by atoms with Crippen LogP contribution in [0.15, 0.2) is 51.5 Å². The summed E-state index contributed by atoms with van der Waals surface area (Å²) in [5.74, 6) is 0.343. The number of rotatable bonds is 2. The van der Waals surface area contributed by atoms with E-state index in [1.807, 2.05) is 36.4 Å². The van der Waals surface area contributed by atoms with Gasteiger partial charge in [-0.25, -0.2) is 0 Å². The Morgan fingerprint density at radius 1 is 1.14 bits per heavy atom. The fraction of sp³-hybridized carbons (Fsp3) is 0.0625. The van der Waals surface area contributed by atoms with E-state index in [2.05, 4.69) is 56.7 Å². The van der Waals surface area contributed by atoms with Crippen molar-refractivity contribution in [3.8, 4) is 22.4 Å². The number of hydrogen-bond donors (Lipinski definition) is 1. The predicted octanol–water partition coefficient (Wildman–Crippen LogP) is 5.27. The van der Waals surface area contributed by atoms with E-state index in [-0.39, 0.29) is 0 Å². The number of hydrogen-bond acceptors (Lipinski definition) is 3. The average molecular weight is 455 g/mol. The summed E-state index contributed by atoms with van der Waals surface area (Å²) in [5, 5.41) is 4.18. The Morgan fingerprint density at radius 3 is 2.67 bits per heavy atom. The van der Waals surface area contributed by atoms with E-state index >= 15 is 0 Å². The van der Waals surface area contributed by atoms with Crippen LogP contribution >= 0.6 is 38.5 Å². The molecule has 5 heteroatoms. The first-order valence-electron chi connectivity index (χ1n) is 6.34. The summed E-state index contributed by atoms with van der Waals surface area (Å²) >= 11 is 5.79. The molecule has 2 aromatic carbocycles. The minimum atomic E-state index is 0.343. The van der Waals surface area contributed by atoms with E-state index in [1.165, 1.54) is 0 Å². The Morgan fingerprint density at radius 2 is 1.90 bits per heavy atom. The van der Waals surface area contributed by atoms with Crippen LogP contribution in [-0.4, -0.2) is 5.16 Å². The standard InChI is InChI=1S/C16H12BrIN2O/c1-9-4-2-3-5-11(9)14-15(20-21-16(14)19)12-8-10(17)6-7-13(12)18/h2-8H,19H2,1H3. The zero-order chi connectivity index (χ0) is 15.0. The summed E-state index contributed by atoms with van der Waals surface area (Å²) in [7, 11) is 0. The van der Waals surface area contributed by atoms with Crippen LogP contribution in [0.3, 0.4) is 0 Å². The quantitative estimate of drug-likeness (QED) is 0.537. The molecule has 3 nitrogen and oxygen atoms in total. The molecule has 0 radical (unpaired) electrons. The lowest BCUT2D eigenvalue weighted by atomic mass is 9.97. The normalized spacial score (nSPS) is 10.8. The van der Waals surface area contributed by atoms with Crippen LogP contribution in [0.25, 0.3) is 22.4 Å². The summed E-state index contributed by atoms with van der Waals surface area (Å²) in [4.78, 5) is 0. The molecule has 0 fully saturated rings. The van der Waals surface area contributed by atoms with Crippen LogP contribution in [0.4, 0.5) is 5.88 Å². The van der Waals surface area contributed by atoms with Gasteiger partial charge in [-0.15, -0.1) is 0 Å². The highest BCUT2D eigenvalue weighted by molar-refractivity contribution is 14.1. The van der Waals surface area contributed by atoms with Crippen LogP contribution in [0.2, 0.25) is 0 Å². The number of nitrogen functional groups attached to an aromatic ring is 1. The van der Waals surface area contributed by atoms with Crippen LogP contribution in [0.1, 0.15) is 5.56 Å². The fourth-order valence-electron chi connectivity index (χ4n) is 2.28. The molecule has 0 aliphatic carbocycles. The van der Waals surface area contributed by atoms with Crippen LogP contribution in [0.5, 0.6) is 0 Å². The van der Waals surface area contributed by atoms with E-state index in [9.17, 15) is 0 Å². The van der Waals surface area contributed by atoms with Crippen molar-refractivity contribution < 1.29 is 4.52 Å². The second-order valence-corrected chi connectivity index (χ2v) is 6.79. The monoisotopic (exact) mass is 454 g/mol. The van der Waals surface area contributed by atoms with Gasteiger partial charge in [0, 0.05) is 13.6 Å². The van der Waals surface area contributed by atoms with Gasteiger partial charge in [0.2, 0.25) is 5.88 Å². The molecule has 2 N–H and O–H groups in total. The number of anilines is 1. The van der Waals surface area contributed by atoms with Gasteiger partial charge in [0.25, 0.3) is 0 Å². The van der Waals surface area contributed by atoms with E-state index in [0.29, 0.717) is 5.88 Å². The number of aromatic nitrogens is 1. The Kier molecular flexibility index (Phi) is 4.03. The number of halogens is 2. The van der Waals surface area contributed by atoms with Gasteiger partial charge in [0.15, 0.2) is 0 Å². The topological polar surface area (TPSA) is 52.0 Å². The molecule has 0 saturated carbocycles. The van der Waals surface area contributed by atoms with Gasteiger partial charge in [-0.2, -0.15) is 0 Å². The zero-order valence-electron chi connectivity index (χ0n) is 11.2. The zero-order valence-corrected chi connectivity index (χ0v) is 15.0. The first kappa shape index (κ1) is 14.6. The first-order chi connectivity index (χ1) is 10.1. The summed E-state index contributed by atoms with van der Waals surface area (Å²) in [5.41, 5.74) is 10.8. The van der Waals surface area contributed by atoms with Gasteiger partial charge in [0.05, 0.1) is 5.56 Å². The van der Waals surface area contributed by atoms with E-state index in [0.717, 1.165) is 36.0 Å². The number of benzene rings is 2. The van der Waals surface area contributed by atoms with E-state index < -0.39 is 0 Å². The SMILES string of the molecule is Cc1ccccc1-c1c(-c2cc(Br)ccc2I)noc1N. The predicted molar refractivity (Wildman–Crippen MR) is 96.9 cm³/mol. The summed E-state index contributed by atoms with van der Waals surface area (Å²) in [6.45, 7) is 2.05. The van der Waals surface area contributed by atoms with Crippen molar-refractivity contribution in [2.75, 3.05) is 5.73 Å². The molecule has 21 heavy (non-hydrogen) atoms. The van der Waals surface area contributed by atoms with Gasteiger partial charge >= 0.3 is 0 Å². The maximum atomic E-state index is 6.02. The second kappa shape index (κ2) is 5.81. The number of nitrogens with zero attached hydrogens (tertiary/aromatic N) is 1. The van der Waals surface area contributed by atoms with E-state index in [1.54, 1.807) is 0 Å². The highest BCUT2D eigenvalue weighted by atomic mass is 127. The third-order valence-corrected chi connectivity index (χ3v) is 4.75. The molecule has 0 aliphatic rings. The maximum Gasteiger partial charge on any atom is 0.230 e. The molecule has 0 bridgehead atoms. The molecular formula is C16H12BrIN2O. The minimum absolute atomic E-state index is 0.343. The molecule has 106 valence electrons. The molecule has 0 unspecified atom stereocenters. The van der Waals surface area contributed by atoms with Crippen molar-refractivity contribution >= 4 is 44.4 Å². The molecule has 0 aliphatic heterocycles. The number of nitrogens with two attached hydrogens (primary N) is 1. The molecule has 1 heterocycles. The summed E-state index contributed by atoms with van der Waals surface area (Å²) < 4.78 is 7.36. The fourth-order valence-corrected chi connectivity index (χ4v) is 3.23. The summed E-state index contributed by atoms with van der Waals surface area (Å²) in [6, 6.07) is 14.1. The third kappa shape index (κ3) is 2.72. The van der Waals surface area contributed by atoms with Gasteiger partial charge in [0.1, 0.15) is 5.69 Å². The lowest BCUT2D eigenvalue weighted by molar-refractivity contribution is 0.439. The average Bonchev–Trinajstić information content (AvgIpc) is 2.84. The van der Waals surface area contributed by atoms with Crippen LogP contribution in [-0.2, 0) is 0 Å². The van der Waals surface area contributed by atoms with Crippen molar-refractivity contribution in [1.82, 2.24) is 5.16 Å². The van der Waals surface area contributed by atoms with Crippen molar-refractivity contribution in [2.45, 2.75) is 6.92 Å². The highest BCUT2D eigenvalue weighted by Crippen LogP contribution is 2.39. The first-order valence-corrected chi connectivity index (χ1v) is 8.21. The Hall–Kier alpha value is -1.34. The Balaban J connectivity index is 2.27. The maximum absolute atomic E-state index is 6.02. The minimum Gasteiger partial charge on any atom is -0.367 e. The molecule has 0 saturated heterocycles. The van der Waals surface area contributed by atoms with Crippen molar-refractivity contribution in [1.29, 1.82) is 0 Å². The Labute approximate surface area is 144 Å². The second-order valence-electron chi connectivity index (χ2n) is 4.71. The van der Waals surface area contributed by atoms with Crippen LogP contribution < -0.4 is 5.73 Å². The summed E-state index contributed by atoms with van der Waals surface area (Å²) in [6.07, 6.45) is 0. The number of aryl methyl sites for hydroxylation is 1. The van der Waals surface area contributed by atoms with Crippen molar-refractivity contribution in [3.63, 3.8) is 0 Å². The smallest absolute Gasteiger partial charge is 0.230 e. The lowest BCUT2D eigenvalue weighted by Gasteiger charge is -2.08. The van der Waals surface area contributed by atoms with Crippen LogP contribution in [0, 0.1) is 10.5 Å². The molecule has 0 atom stereocenters. The van der Waals surface area contributed by atoms with Crippen molar-refractivity contribution in [2.24, 2.45) is 0 Å². The van der Waals surface area contributed by atoms with Crippen molar-refractivity contribution in [3.05, 3.63) is 56.1 Å². The Bertz CT molecular complexity index is 814. The molecule has 0 amide bonds. The molecule has 1 aromatic heterocycles. The van der Waals surface area contributed by atoms with Gasteiger partial charge in [-0.1, -0.05) is 45.4 Å². The molecule has 0 spiro atoms. The highest BCUT2D eigenvalue weighted by Gasteiger charge is 2.20. The molecule has 3 aromatic rings. The molecule has 3 rings (SSSR count). The third-order valence-electron chi connectivity index (χ3n) is 3.32. The largest absolute Gasteiger partial charge is 0.367 e. The van der Waals surface area contributed by atoms with Gasteiger partial charge in [-0.05, 0) is 58.8 Å². The molecular weight excluding hydrogens is 443 g/mol. The lowest BCUT2D eigenvalue weighted by Crippen LogP contribution is -1.91. The van der Waals surface area contributed by atoms with Gasteiger partial charge < -0.3 is 10.3 Å². The van der Waals surface area contributed by atoms with Gasteiger partial charge in [-0.3, -0.25) is 0 Å². The van der Waals surface area contributed by atoms with E-state index in [4.69, 9.17) is 10.3 Å².